The molecule has 1 aromatic rings. The van der Waals surface area contributed by atoms with E-state index in [2.05, 4.69) is 38.7 Å². The third-order valence-electron chi connectivity index (χ3n) is 6.78. The molecule has 0 spiro atoms. The van der Waals surface area contributed by atoms with E-state index in [0.717, 1.165) is 31.0 Å². The Morgan fingerprint density at radius 1 is 1.12 bits per heavy atom. The van der Waals surface area contributed by atoms with E-state index in [1.807, 2.05) is 0 Å². The molecule has 2 aliphatic heterocycles. The van der Waals surface area contributed by atoms with Crippen molar-refractivity contribution >= 4 is 5.82 Å². The average Bonchev–Trinajstić information content (AvgIpc) is 3.25. The first-order valence-electron chi connectivity index (χ1n) is 10.5. The van der Waals surface area contributed by atoms with E-state index in [-0.39, 0.29) is 11.6 Å². The van der Waals surface area contributed by atoms with E-state index in [1.54, 1.807) is 6.33 Å². The van der Waals surface area contributed by atoms with Crippen molar-refractivity contribution in [1.82, 2.24) is 20.8 Å². The summed E-state index contributed by atoms with van der Waals surface area (Å²) < 4.78 is 6.40. The number of fused-ring (bicyclic) bond motifs is 1. The molecule has 0 bridgehead atoms. The molecule has 6 nitrogen and oxygen atoms in total. The summed E-state index contributed by atoms with van der Waals surface area (Å²) in [7, 11) is 0. The first-order chi connectivity index (χ1) is 12.7. The van der Waals surface area contributed by atoms with E-state index >= 15 is 0 Å². The van der Waals surface area contributed by atoms with Crippen LogP contribution in [0.1, 0.15) is 70.0 Å². The van der Waals surface area contributed by atoms with E-state index in [1.165, 1.54) is 44.9 Å². The van der Waals surface area contributed by atoms with Crippen LogP contribution in [-0.2, 0) is 4.74 Å². The van der Waals surface area contributed by atoms with Crippen molar-refractivity contribution < 1.29 is 4.74 Å². The number of nitrogens with zero attached hydrogens (tertiary/aromatic N) is 3. The van der Waals surface area contributed by atoms with Gasteiger partial charge in [-0.05, 0) is 58.3 Å². The summed E-state index contributed by atoms with van der Waals surface area (Å²) in [6.07, 6.45) is 11.9. The van der Waals surface area contributed by atoms with Crippen LogP contribution < -0.4 is 15.8 Å². The minimum atomic E-state index is 0.169. The molecule has 0 aromatic carbocycles. The maximum Gasteiger partial charge on any atom is 0.132 e. The standard InChI is InChI=1S/C20H31N5O/c1-20(7-8-20)26-14-5-6-16-15(11-14)19(24-23-16)17-12-18(22-13-21-17)25-9-3-2-4-10-25/h12-16,19,23-24H,2-11H2,1H3. The van der Waals surface area contributed by atoms with Gasteiger partial charge in [0.25, 0.3) is 0 Å². The van der Waals surface area contributed by atoms with Crippen molar-refractivity contribution in [3.8, 4) is 0 Å². The molecule has 2 saturated heterocycles. The highest BCUT2D eigenvalue weighted by Crippen LogP contribution is 2.45. The molecule has 2 N–H and O–H groups in total. The number of hydrogen-bond acceptors (Lipinski definition) is 6. The minimum absolute atomic E-state index is 0.169. The van der Waals surface area contributed by atoms with E-state index in [0.29, 0.717) is 18.1 Å². The number of nitrogens with one attached hydrogen (secondary N) is 2. The van der Waals surface area contributed by atoms with Crippen LogP contribution in [0.15, 0.2) is 12.4 Å². The lowest BCUT2D eigenvalue weighted by molar-refractivity contribution is -0.0500. The highest BCUT2D eigenvalue weighted by atomic mass is 16.5. The van der Waals surface area contributed by atoms with Gasteiger partial charge in [-0.25, -0.2) is 15.4 Å². The molecule has 2 saturated carbocycles. The summed E-state index contributed by atoms with van der Waals surface area (Å²) in [6.45, 7) is 4.50. The summed E-state index contributed by atoms with van der Waals surface area (Å²) in [5, 5.41) is 0. The number of hydrazine groups is 1. The number of ether oxygens (including phenoxy) is 1. The van der Waals surface area contributed by atoms with Crippen molar-refractivity contribution in [3.63, 3.8) is 0 Å². The van der Waals surface area contributed by atoms with Crippen molar-refractivity contribution in [3.05, 3.63) is 18.1 Å². The highest BCUT2D eigenvalue weighted by molar-refractivity contribution is 5.40. The van der Waals surface area contributed by atoms with Gasteiger partial charge in [-0.15, -0.1) is 0 Å². The Morgan fingerprint density at radius 2 is 1.96 bits per heavy atom. The number of aromatic nitrogens is 2. The molecule has 4 unspecified atom stereocenters. The van der Waals surface area contributed by atoms with Crippen LogP contribution in [0.4, 0.5) is 5.82 Å². The van der Waals surface area contributed by atoms with Crippen LogP contribution in [0.2, 0.25) is 0 Å². The van der Waals surface area contributed by atoms with Gasteiger partial charge < -0.3 is 9.64 Å². The van der Waals surface area contributed by atoms with Gasteiger partial charge in [-0.3, -0.25) is 5.43 Å². The summed E-state index contributed by atoms with van der Waals surface area (Å²) >= 11 is 0. The number of rotatable bonds is 4. The van der Waals surface area contributed by atoms with Gasteiger partial charge >= 0.3 is 0 Å². The molecule has 5 rings (SSSR count). The van der Waals surface area contributed by atoms with Gasteiger partial charge in [-0.2, -0.15) is 0 Å². The number of hydrogen-bond donors (Lipinski definition) is 2. The smallest absolute Gasteiger partial charge is 0.132 e. The molecule has 3 heterocycles. The molecular weight excluding hydrogens is 326 g/mol. The average molecular weight is 358 g/mol. The summed E-state index contributed by atoms with van der Waals surface area (Å²) in [5.41, 5.74) is 8.35. The maximum absolute atomic E-state index is 6.40. The van der Waals surface area contributed by atoms with Gasteiger partial charge in [0.05, 0.1) is 23.4 Å². The first-order valence-corrected chi connectivity index (χ1v) is 10.5. The molecule has 1 aromatic heterocycles. The predicted octanol–water partition coefficient (Wildman–Crippen LogP) is 2.72. The van der Waals surface area contributed by atoms with Gasteiger partial charge in [-0.1, -0.05) is 0 Å². The Morgan fingerprint density at radius 3 is 2.77 bits per heavy atom. The van der Waals surface area contributed by atoms with Crippen LogP contribution in [0.3, 0.4) is 0 Å². The fourth-order valence-electron chi connectivity index (χ4n) is 4.94. The lowest BCUT2D eigenvalue weighted by atomic mass is 9.79. The highest BCUT2D eigenvalue weighted by Gasteiger charge is 2.46. The third kappa shape index (κ3) is 3.35. The van der Waals surface area contributed by atoms with Gasteiger partial charge in [0.1, 0.15) is 12.1 Å². The van der Waals surface area contributed by atoms with Crippen molar-refractivity contribution in [2.45, 2.75) is 82.1 Å². The fraction of sp³-hybridized carbons (Fsp3) is 0.800. The van der Waals surface area contributed by atoms with Crippen LogP contribution in [-0.4, -0.2) is 40.8 Å². The van der Waals surface area contributed by atoms with E-state index < -0.39 is 0 Å². The lowest BCUT2D eigenvalue weighted by Crippen LogP contribution is -2.38. The van der Waals surface area contributed by atoms with E-state index in [9.17, 15) is 0 Å². The molecule has 4 atom stereocenters. The Kier molecular flexibility index (Phi) is 4.38. The summed E-state index contributed by atoms with van der Waals surface area (Å²) in [5.74, 6) is 1.63. The Hall–Kier alpha value is -1.24. The molecule has 6 heteroatoms. The largest absolute Gasteiger partial charge is 0.372 e. The molecule has 4 aliphatic rings. The van der Waals surface area contributed by atoms with E-state index in [4.69, 9.17) is 4.74 Å². The summed E-state index contributed by atoms with van der Waals surface area (Å²) in [4.78, 5) is 11.6. The first kappa shape index (κ1) is 16.9. The Bertz CT molecular complexity index is 643. The van der Waals surface area contributed by atoms with Crippen LogP contribution in [0.25, 0.3) is 0 Å². The monoisotopic (exact) mass is 357 g/mol. The van der Waals surface area contributed by atoms with Crippen molar-refractivity contribution in [1.29, 1.82) is 0 Å². The summed E-state index contributed by atoms with van der Waals surface area (Å²) in [6, 6.07) is 2.99. The zero-order valence-electron chi connectivity index (χ0n) is 15.8. The quantitative estimate of drug-likeness (QED) is 0.864. The predicted molar refractivity (Wildman–Crippen MR) is 101 cm³/mol. The van der Waals surface area contributed by atoms with Gasteiger partial charge in [0, 0.05) is 31.1 Å². The molecular formula is C20H31N5O. The second-order valence-corrected chi connectivity index (χ2v) is 8.89. The maximum atomic E-state index is 6.40. The van der Waals surface area contributed by atoms with Gasteiger partial charge in [0.15, 0.2) is 0 Å². The van der Waals surface area contributed by atoms with Crippen molar-refractivity contribution in [2.24, 2.45) is 5.92 Å². The molecule has 26 heavy (non-hydrogen) atoms. The number of anilines is 1. The SMILES string of the molecule is CC1(OC2CCC3NNC(c4cc(N5CCCCC5)ncn4)C3C2)CC1. The Labute approximate surface area is 156 Å². The second-order valence-electron chi connectivity index (χ2n) is 8.89. The molecule has 0 radical (unpaired) electrons. The molecule has 0 amide bonds. The second kappa shape index (κ2) is 6.73. The molecule has 2 aliphatic carbocycles. The van der Waals surface area contributed by atoms with Crippen molar-refractivity contribution in [2.75, 3.05) is 18.0 Å². The zero-order chi connectivity index (χ0) is 17.6. The fourth-order valence-corrected chi connectivity index (χ4v) is 4.94. The molecule has 4 fully saturated rings. The topological polar surface area (TPSA) is 62.3 Å². The van der Waals surface area contributed by atoms with Gasteiger partial charge in [0.2, 0.25) is 0 Å². The van der Waals surface area contributed by atoms with Crippen LogP contribution >= 0.6 is 0 Å². The number of piperidine rings is 1. The zero-order valence-corrected chi connectivity index (χ0v) is 15.8. The third-order valence-corrected chi connectivity index (χ3v) is 6.78. The lowest BCUT2D eigenvalue weighted by Gasteiger charge is -2.34. The minimum Gasteiger partial charge on any atom is -0.372 e. The Balaban J connectivity index is 1.31. The van der Waals surface area contributed by atoms with Crippen LogP contribution in [0.5, 0.6) is 0 Å². The molecule has 142 valence electrons. The van der Waals surface area contributed by atoms with Crippen LogP contribution in [0, 0.1) is 5.92 Å². The normalized spacial score (nSPS) is 36.0.